The zero-order chi connectivity index (χ0) is 29.9. The molecule has 1 aromatic rings. The third-order valence-electron chi connectivity index (χ3n) is 5.83. The Balaban J connectivity index is 3.01. The second-order valence-corrected chi connectivity index (χ2v) is 11.5. The fraction of sp³-hybridized carbons (Fsp3) is 0.640. The van der Waals surface area contributed by atoms with Crippen molar-refractivity contribution in [2.45, 2.75) is 56.8 Å². The van der Waals surface area contributed by atoms with Gasteiger partial charge in [0.25, 0.3) is 0 Å². The van der Waals surface area contributed by atoms with E-state index < -0.39 is 38.7 Å². The van der Waals surface area contributed by atoms with Crippen molar-refractivity contribution >= 4 is 27.6 Å². The molecule has 0 atom stereocenters. The van der Waals surface area contributed by atoms with Gasteiger partial charge in [0.15, 0.2) is 9.84 Å². The highest BCUT2D eigenvalue weighted by Crippen LogP contribution is 2.27. The number of aryl methyl sites for hydroxylation is 1. The van der Waals surface area contributed by atoms with Crippen LogP contribution in [0.5, 0.6) is 0 Å². The van der Waals surface area contributed by atoms with Gasteiger partial charge in [-0.05, 0) is 44.7 Å². The van der Waals surface area contributed by atoms with Gasteiger partial charge in [0.2, 0.25) is 17.7 Å². The summed E-state index contributed by atoms with van der Waals surface area (Å²) in [6, 6.07) is 6.41. The topological polar surface area (TPSA) is 210 Å². The summed E-state index contributed by atoms with van der Waals surface area (Å²) in [6.45, 7) is 1.85. The molecule has 1 rings (SSSR count). The lowest BCUT2D eigenvalue weighted by Gasteiger charge is -2.33. The zero-order valence-corrected chi connectivity index (χ0v) is 23.5. The molecule has 14 nitrogen and oxygen atoms in total. The molecular weight excluding hydrogens is 550 g/mol. The zero-order valence-electron chi connectivity index (χ0n) is 22.7. The van der Waals surface area contributed by atoms with Crippen LogP contribution in [0.4, 0.5) is 0 Å². The van der Waals surface area contributed by atoms with Crippen molar-refractivity contribution in [1.82, 2.24) is 16.4 Å². The number of carbonyl (C=O) groups excluding carboxylic acids is 3. The van der Waals surface area contributed by atoms with Crippen molar-refractivity contribution in [1.29, 1.82) is 0 Å². The molecule has 0 aromatic heterocycles. The van der Waals surface area contributed by atoms with Gasteiger partial charge >= 0.3 is 0 Å². The predicted octanol–water partition coefficient (Wildman–Crippen LogP) is 1.05. The standard InChI is InChI=1S/C25H41N3O11S/c1-20-8-10-21(11-9-20)40(35,36)19-25(18-39-15-12-24(31)28-34,16-37-13-4-2-6-22(29)26-32)17-38-14-5-3-7-23(30)27-33/h8-11,32-34H,2-7,12-19H2,1H3,(H,26,29)(H,27,30)(H,28,31). The number of sulfone groups is 1. The Labute approximate surface area is 234 Å². The molecule has 0 bridgehead atoms. The summed E-state index contributed by atoms with van der Waals surface area (Å²) in [7, 11) is -3.84. The fourth-order valence-electron chi connectivity index (χ4n) is 3.66. The van der Waals surface area contributed by atoms with Crippen LogP contribution in [0.15, 0.2) is 29.2 Å². The van der Waals surface area contributed by atoms with Gasteiger partial charge in [-0.15, -0.1) is 0 Å². The van der Waals surface area contributed by atoms with Crippen molar-refractivity contribution in [3.8, 4) is 0 Å². The van der Waals surface area contributed by atoms with E-state index in [-0.39, 0.29) is 63.8 Å². The molecule has 0 saturated carbocycles. The van der Waals surface area contributed by atoms with Crippen LogP contribution in [0.2, 0.25) is 0 Å². The summed E-state index contributed by atoms with van der Waals surface area (Å²) in [5.74, 6) is -2.11. The summed E-state index contributed by atoms with van der Waals surface area (Å²) in [6.07, 6.45) is 1.86. The summed E-state index contributed by atoms with van der Waals surface area (Å²) in [5, 5.41) is 25.9. The number of hydrogen-bond donors (Lipinski definition) is 6. The lowest BCUT2D eigenvalue weighted by Crippen LogP contribution is -2.44. The maximum atomic E-state index is 13.4. The van der Waals surface area contributed by atoms with E-state index in [9.17, 15) is 22.8 Å². The van der Waals surface area contributed by atoms with Crippen LogP contribution in [0.3, 0.4) is 0 Å². The Morgan fingerprint density at radius 1 is 0.700 bits per heavy atom. The van der Waals surface area contributed by atoms with Gasteiger partial charge in [0.05, 0.1) is 48.9 Å². The number of nitrogens with one attached hydrogen (secondary N) is 3. The van der Waals surface area contributed by atoms with Gasteiger partial charge in [-0.2, -0.15) is 0 Å². The van der Waals surface area contributed by atoms with E-state index in [2.05, 4.69) is 0 Å². The van der Waals surface area contributed by atoms with E-state index in [0.717, 1.165) is 5.56 Å². The first-order valence-corrected chi connectivity index (χ1v) is 14.5. The van der Waals surface area contributed by atoms with Crippen LogP contribution in [0, 0.1) is 12.3 Å². The smallest absolute Gasteiger partial charge is 0.245 e. The summed E-state index contributed by atoms with van der Waals surface area (Å²) >= 11 is 0. The average Bonchev–Trinajstić information content (AvgIpc) is 2.94. The van der Waals surface area contributed by atoms with E-state index in [1.165, 1.54) is 17.6 Å². The largest absolute Gasteiger partial charge is 0.381 e. The van der Waals surface area contributed by atoms with Crippen molar-refractivity contribution in [3.05, 3.63) is 29.8 Å². The molecule has 0 aliphatic heterocycles. The molecule has 0 saturated heterocycles. The van der Waals surface area contributed by atoms with E-state index >= 15 is 0 Å². The monoisotopic (exact) mass is 591 g/mol. The SMILES string of the molecule is Cc1ccc(S(=O)(=O)CC(COCCCCC(=O)NO)(COCCCCC(=O)NO)COCCC(=O)NO)cc1. The van der Waals surface area contributed by atoms with Crippen LogP contribution < -0.4 is 16.4 Å². The first-order valence-electron chi connectivity index (χ1n) is 12.9. The fourth-order valence-corrected chi connectivity index (χ4v) is 5.43. The van der Waals surface area contributed by atoms with Gasteiger partial charge in [0, 0.05) is 26.1 Å². The molecule has 0 radical (unpaired) electrons. The molecule has 0 spiro atoms. The highest BCUT2D eigenvalue weighted by atomic mass is 32.2. The number of ether oxygens (including phenoxy) is 3. The Hall–Kier alpha value is -2.66. The molecule has 0 heterocycles. The van der Waals surface area contributed by atoms with E-state index in [0.29, 0.717) is 25.7 Å². The number of benzene rings is 1. The number of unbranched alkanes of at least 4 members (excludes halogenated alkanes) is 2. The second-order valence-electron chi connectivity index (χ2n) is 9.50. The quantitative estimate of drug-likeness (QED) is 0.0637. The minimum absolute atomic E-state index is 0.0800. The summed E-state index contributed by atoms with van der Waals surface area (Å²) in [4.78, 5) is 33.9. The number of rotatable bonds is 22. The van der Waals surface area contributed by atoms with Gasteiger partial charge < -0.3 is 14.2 Å². The molecular formula is C25H41N3O11S. The number of amides is 3. The van der Waals surface area contributed by atoms with Gasteiger partial charge in [-0.1, -0.05) is 17.7 Å². The Morgan fingerprint density at radius 3 is 1.57 bits per heavy atom. The van der Waals surface area contributed by atoms with Crippen molar-refractivity contribution in [3.63, 3.8) is 0 Å². The van der Waals surface area contributed by atoms with E-state index in [4.69, 9.17) is 29.8 Å². The molecule has 0 fully saturated rings. The molecule has 0 aliphatic rings. The number of hydroxylamine groups is 3. The third kappa shape index (κ3) is 14.6. The Kier molecular flexibility index (Phi) is 17.2. The Morgan fingerprint density at radius 2 is 1.12 bits per heavy atom. The van der Waals surface area contributed by atoms with E-state index in [1.54, 1.807) is 23.1 Å². The predicted molar refractivity (Wildman–Crippen MR) is 140 cm³/mol. The molecule has 0 aliphatic carbocycles. The molecule has 6 N–H and O–H groups in total. The summed E-state index contributed by atoms with van der Waals surface area (Å²) in [5.41, 5.74) is 4.32. The van der Waals surface area contributed by atoms with Crippen LogP contribution >= 0.6 is 0 Å². The lowest BCUT2D eigenvalue weighted by atomic mass is 9.93. The second kappa shape index (κ2) is 19.4. The van der Waals surface area contributed by atoms with E-state index in [1.807, 2.05) is 6.92 Å². The molecule has 0 unspecified atom stereocenters. The van der Waals surface area contributed by atoms with Crippen LogP contribution in [0.25, 0.3) is 0 Å². The molecule has 1 aromatic carbocycles. The lowest BCUT2D eigenvalue weighted by molar-refractivity contribution is -0.131. The van der Waals surface area contributed by atoms with Crippen molar-refractivity contribution < 1.29 is 52.6 Å². The first-order chi connectivity index (χ1) is 19.1. The first kappa shape index (κ1) is 35.4. The highest BCUT2D eigenvalue weighted by Gasteiger charge is 2.38. The molecule has 15 heteroatoms. The normalized spacial score (nSPS) is 11.7. The van der Waals surface area contributed by atoms with Crippen LogP contribution in [0.1, 0.15) is 50.5 Å². The van der Waals surface area contributed by atoms with Gasteiger partial charge in [0.1, 0.15) is 0 Å². The maximum absolute atomic E-state index is 13.4. The van der Waals surface area contributed by atoms with Gasteiger partial charge in [-0.3, -0.25) is 30.0 Å². The third-order valence-corrected chi connectivity index (χ3v) is 7.82. The summed E-state index contributed by atoms with van der Waals surface area (Å²) < 4.78 is 44.2. The van der Waals surface area contributed by atoms with Gasteiger partial charge in [-0.25, -0.2) is 24.9 Å². The molecule has 228 valence electrons. The number of carbonyl (C=O) groups is 3. The number of hydrogen-bond acceptors (Lipinski definition) is 11. The molecule has 3 amide bonds. The van der Waals surface area contributed by atoms with Crippen molar-refractivity contribution in [2.75, 3.05) is 45.4 Å². The van der Waals surface area contributed by atoms with Crippen LogP contribution in [-0.2, 0) is 38.4 Å². The van der Waals surface area contributed by atoms with Crippen molar-refractivity contribution in [2.24, 2.45) is 5.41 Å². The molecule has 40 heavy (non-hydrogen) atoms. The minimum atomic E-state index is -3.84. The minimum Gasteiger partial charge on any atom is -0.381 e. The van der Waals surface area contributed by atoms with Crippen LogP contribution in [-0.4, -0.2) is 87.2 Å². The average molecular weight is 592 g/mol. The maximum Gasteiger partial charge on any atom is 0.245 e. The Bertz CT molecular complexity index is 976. The highest BCUT2D eigenvalue weighted by molar-refractivity contribution is 7.91.